The molecule has 2 N–H and O–H groups in total. The molecule has 0 saturated heterocycles. The van der Waals surface area contributed by atoms with Gasteiger partial charge in [-0.05, 0) is 18.6 Å². The van der Waals surface area contributed by atoms with Crippen LogP contribution in [0, 0.1) is 6.92 Å². The summed E-state index contributed by atoms with van der Waals surface area (Å²) in [5, 5.41) is 12.7. The summed E-state index contributed by atoms with van der Waals surface area (Å²) in [5.41, 5.74) is -1.58. The highest BCUT2D eigenvalue weighted by atomic mass is 19.4. The van der Waals surface area contributed by atoms with Crippen LogP contribution in [0.3, 0.4) is 0 Å². The van der Waals surface area contributed by atoms with E-state index in [2.05, 4.69) is 5.32 Å². The number of aliphatic hydroxyl groups is 1. The third-order valence-corrected chi connectivity index (χ3v) is 2.89. The van der Waals surface area contributed by atoms with Crippen LogP contribution in [-0.2, 0) is 5.60 Å². The van der Waals surface area contributed by atoms with Gasteiger partial charge < -0.3 is 10.4 Å². The van der Waals surface area contributed by atoms with Crippen LogP contribution in [0.1, 0.15) is 17.5 Å². The molecule has 5 heteroatoms. The molecule has 1 aliphatic heterocycles. The summed E-state index contributed by atoms with van der Waals surface area (Å²) in [4.78, 5) is 0. The zero-order chi connectivity index (χ0) is 12.0. The minimum Gasteiger partial charge on any atom is -0.385 e. The quantitative estimate of drug-likeness (QED) is 0.719. The third kappa shape index (κ3) is 1.55. The molecular weight excluding hydrogens is 219 g/mol. The van der Waals surface area contributed by atoms with Crippen molar-refractivity contribution in [3.8, 4) is 0 Å². The van der Waals surface area contributed by atoms with E-state index in [1.165, 1.54) is 6.07 Å². The maximum absolute atomic E-state index is 12.8. The van der Waals surface area contributed by atoms with Gasteiger partial charge >= 0.3 is 6.18 Å². The molecule has 0 amide bonds. The number of anilines is 1. The van der Waals surface area contributed by atoms with Gasteiger partial charge in [0.25, 0.3) is 0 Å². The van der Waals surface area contributed by atoms with Gasteiger partial charge in [-0.3, -0.25) is 0 Å². The fraction of sp³-hybridized carbons (Fsp3) is 0.455. The van der Waals surface area contributed by atoms with Crippen LogP contribution in [0.15, 0.2) is 18.2 Å². The lowest BCUT2D eigenvalue weighted by atomic mass is 9.85. The second-order valence-corrected chi connectivity index (χ2v) is 4.08. The van der Waals surface area contributed by atoms with Crippen molar-refractivity contribution in [3.63, 3.8) is 0 Å². The Morgan fingerprint density at radius 1 is 1.38 bits per heavy atom. The van der Waals surface area contributed by atoms with Gasteiger partial charge in [-0.2, -0.15) is 13.2 Å². The Morgan fingerprint density at radius 3 is 2.69 bits per heavy atom. The lowest BCUT2D eigenvalue weighted by Gasteiger charge is -2.36. The molecule has 1 atom stereocenters. The summed E-state index contributed by atoms with van der Waals surface area (Å²) in [6.45, 7) is 1.91. The molecule has 0 aromatic heterocycles. The average Bonchev–Trinajstić information content (AvgIpc) is 2.15. The standard InChI is InChI=1S/C11H12F3NO/c1-7-2-3-8-9(6-7)15-5-4-10(8,16)11(12,13)14/h2-3,6,15-16H,4-5H2,1H3. The summed E-state index contributed by atoms with van der Waals surface area (Å²) >= 11 is 0. The molecule has 1 aliphatic rings. The van der Waals surface area contributed by atoms with Crippen LogP contribution in [0.2, 0.25) is 0 Å². The SMILES string of the molecule is Cc1ccc2c(c1)NCCC2(O)C(F)(F)F. The molecule has 1 aromatic carbocycles. The van der Waals surface area contributed by atoms with Gasteiger partial charge in [0.05, 0.1) is 0 Å². The lowest BCUT2D eigenvalue weighted by molar-refractivity contribution is -0.268. The van der Waals surface area contributed by atoms with Crippen LogP contribution >= 0.6 is 0 Å². The van der Waals surface area contributed by atoms with Gasteiger partial charge in [0.2, 0.25) is 0 Å². The van der Waals surface area contributed by atoms with E-state index in [1.807, 2.05) is 0 Å². The van der Waals surface area contributed by atoms with Crippen molar-refractivity contribution in [1.82, 2.24) is 0 Å². The summed E-state index contributed by atoms with van der Waals surface area (Å²) in [6.07, 6.45) is -4.99. The second kappa shape index (κ2) is 3.38. The van der Waals surface area contributed by atoms with E-state index in [9.17, 15) is 18.3 Å². The van der Waals surface area contributed by atoms with Gasteiger partial charge in [-0.15, -0.1) is 0 Å². The van der Waals surface area contributed by atoms with E-state index >= 15 is 0 Å². The number of hydrogen-bond donors (Lipinski definition) is 2. The zero-order valence-electron chi connectivity index (χ0n) is 8.73. The number of halogens is 3. The van der Waals surface area contributed by atoms with Gasteiger partial charge in [0, 0.05) is 24.2 Å². The second-order valence-electron chi connectivity index (χ2n) is 4.08. The highest BCUT2D eigenvalue weighted by Crippen LogP contribution is 2.46. The largest absolute Gasteiger partial charge is 0.421 e. The van der Waals surface area contributed by atoms with Gasteiger partial charge in [0.1, 0.15) is 0 Å². The molecule has 88 valence electrons. The van der Waals surface area contributed by atoms with Gasteiger partial charge in [-0.1, -0.05) is 12.1 Å². The van der Waals surface area contributed by atoms with Crippen molar-refractivity contribution in [2.75, 3.05) is 11.9 Å². The number of alkyl halides is 3. The molecular formula is C11H12F3NO. The number of hydrogen-bond acceptors (Lipinski definition) is 2. The Bertz CT molecular complexity index is 416. The van der Waals surface area contributed by atoms with Crippen molar-refractivity contribution in [1.29, 1.82) is 0 Å². The molecule has 1 aromatic rings. The normalized spacial score (nSPS) is 24.8. The maximum atomic E-state index is 12.8. The molecule has 0 bridgehead atoms. The van der Waals surface area contributed by atoms with Crippen molar-refractivity contribution in [3.05, 3.63) is 29.3 Å². The molecule has 16 heavy (non-hydrogen) atoms. The highest BCUT2D eigenvalue weighted by Gasteiger charge is 2.56. The topological polar surface area (TPSA) is 32.3 Å². The number of aryl methyl sites for hydroxylation is 1. The van der Waals surface area contributed by atoms with E-state index in [-0.39, 0.29) is 18.5 Å². The Morgan fingerprint density at radius 2 is 2.06 bits per heavy atom. The zero-order valence-corrected chi connectivity index (χ0v) is 8.73. The molecule has 0 spiro atoms. The molecule has 1 unspecified atom stereocenters. The van der Waals surface area contributed by atoms with E-state index in [0.717, 1.165) is 5.56 Å². The molecule has 1 heterocycles. The molecule has 0 saturated carbocycles. The summed E-state index contributed by atoms with van der Waals surface area (Å²) < 4.78 is 38.5. The number of fused-ring (bicyclic) bond motifs is 1. The molecule has 0 aliphatic carbocycles. The highest BCUT2D eigenvalue weighted by molar-refractivity contribution is 5.58. The van der Waals surface area contributed by atoms with E-state index < -0.39 is 11.8 Å². The molecule has 0 radical (unpaired) electrons. The van der Waals surface area contributed by atoms with Crippen LogP contribution in [-0.4, -0.2) is 17.8 Å². The summed E-state index contributed by atoms with van der Waals surface area (Å²) in [7, 11) is 0. The first-order chi connectivity index (χ1) is 7.34. The van der Waals surface area contributed by atoms with E-state index in [4.69, 9.17) is 0 Å². The monoisotopic (exact) mass is 231 g/mol. The first-order valence-corrected chi connectivity index (χ1v) is 4.99. The molecule has 2 rings (SSSR count). The van der Waals surface area contributed by atoms with Crippen LogP contribution in [0.25, 0.3) is 0 Å². The van der Waals surface area contributed by atoms with E-state index in [0.29, 0.717) is 5.69 Å². The van der Waals surface area contributed by atoms with E-state index in [1.54, 1.807) is 19.1 Å². The number of benzene rings is 1. The Balaban J connectivity index is 2.56. The summed E-state index contributed by atoms with van der Waals surface area (Å²) in [6, 6.07) is 4.53. The number of rotatable bonds is 0. The fourth-order valence-electron chi connectivity index (χ4n) is 1.97. The Labute approximate surface area is 91.1 Å². The first-order valence-electron chi connectivity index (χ1n) is 4.99. The van der Waals surface area contributed by atoms with Crippen molar-refractivity contribution in [2.24, 2.45) is 0 Å². The van der Waals surface area contributed by atoms with Crippen LogP contribution in [0.5, 0.6) is 0 Å². The van der Waals surface area contributed by atoms with Crippen LogP contribution in [0.4, 0.5) is 18.9 Å². The van der Waals surface area contributed by atoms with Crippen molar-refractivity contribution >= 4 is 5.69 Å². The minimum absolute atomic E-state index is 0.0862. The van der Waals surface area contributed by atoms with Crippen molar-refractivity contribution in [2.45, 2.75) is 25.1 Å². The minimum atomic E-state index is -4.64. The predicted molar refractivity (Wildman–Crippen MR) is 54.2 cm³/mol. The van der Waals surface area contributed by atoms with Gasteiger partial charge in [0.15, 0.2) is 5.60 Å². The molecule has 0 fully saturated rings. The lowest BCUT2D eigenvalue weighted by Crippen LogP contribution is -2.46. The van der Waals surface area contributed by atoms with Gasteiger partial charge in [-0.25, -0.2) is 0 Å². The van der Waals surface area contributed by atoms with Crippen LogP contribution < -0.4 is 5.32 Å². The summed E-state index contributed by atoms with van der Waals surface area (Å²) in [5.74, 6) is 0. The Hall–Kier alpha value is -1.23. The Kier molecular flexibility index (Phi) is 2.38. The molecule has 2 nitrogen and oxygen atoms in total. The average molecular weight is 231 g/mol. The third-order valence-electron chi connectivity index (χ3n) is 2.89. The predicted octanol–water partition coefficient (Wildman–Crippen LogP) is 2.56. The smallest absolute Gasteiger partial charge is 0.385 e. The number of nitrogens with one attached hydrogen (secondary N) is 1. The maximum Gasteiger partial charge on any atom is 0.421 e. The van der Waals surface area contributed by atoms with Crippen molar-refractivity contribution < 1.29 is 18.3 Å². The first kappa shape index (κ1) is 11.3. The fourth-order valence-corrected chi connectivity index (χ4v) is 1.97.